The van der Waals surface area contributed by atoms with Crippen molar-refractivity contribution in [1.29, 1.82) is 0 Å². The Kier molecular flexibility index (Phi) is 4.47. The summed E-state index contributed by atoms with van der Waals surface area (Å²) in [7, 11) is 0. The number of aromatic nitrogens is 2. The lowest BCUT2D eigenvalue weighted by Gasteiger charge is -2.08. The van der Waals surface area contributed by atoms with Crippen LogP contribution in [0, 0.1) is 15.3 Å². The van der Waals surface area contributed by atoms with Gasteiger partial charge in [-0.05, 0) is 47.4 Å². The van der Waals surface area contributed by atoms with E-state index in [-0.39, 0.29) is 5.82 Å². The standard InChI is InChI=1S/C14H15ClFIN2O/c15-7-14-18-12-6-11(17)10(16)5-13(12)19(14)3-4-20-8-9-1-2-9/h5-6,9H,1-4,7-8H2. The Morgan fingerprint density at radius 2 is 2.25 bits per heavy atom. The van der Waals surface area contributed by atoms with E-state index in [1.165, 1.54) is 18.9 Å². The summed E-state index contributed by atoms with van der Waals surface area (Å²) in [6.07, 6.45) is 2.56. The predicted molar refractivity (Wildman–Crippen MR) is 85.5 cm³/mol. The molecule has 1 aliphatic rings. The first-order chi connectivity index (χ1) is 9.69. The fraction of sp³-hybridized carbons (Fsp3) is 0.500. The summed E-state index contributed by atoms with van der Waals surface area (Å²) in [6.45, 7) is 2.10. The van der Waals surface area contributed by atoms with Gasteiger partial charge in [0.25, 0.3) is 0 Å². The smallest absolute Gasteiger partial charge is 0.138 e. The highest BCUT2D eigenvalue weighted by Gasteiger charge is 2.21. The number of hydrogen-bond acceptors (Lipinski definition) is 2. The molecule has 0 atom stereocenters. The molecule has 0 radical (unpaired) electrons. The third-order valence-electron chi connectivity index (χ3n) is 3.50. The Hall–Kier alpha value is -0.400. The molecule has 6 heteroatoms. The Labute approximate surface area is 135 Å². The van der Waals surface area contributed by atoms with Gasteiger partial charge in [-0.2, -0.15) is 0 Å². The minimum Gasteiger partial charge on any atom is -0.379 e. The molecule has 3 nitrogen and oxygen atoms in total. The Morgan fingerprint density at radius 1 is 1.45 bits per heavy atom. The molecule has 0 amide bonds. The summed E-state index contributed by atoms with van der Waals surface area (Å²) in [5.41, 5.74) is 1.57. The Bertz CT molecular complexity index is 627. The van der Waals surface area contributed by atoms with E-state index in [0.717, 1.165) is 29.4 Å². The van der Waals surface area contributed by atoms with Crippen molar-refractivity contribution in [3.8, 4) is 0 Å². The van der Waals surface area contributed by atoms with E-state index < -0.39 is 0 Å². The molecule has 1 fully saturated rings. The zero-order valence-electron chi connectivity index (χ0n) is 10.9. The van der Waals surface area contributed by atoms with E-state index in [4.69, 9.17) is 16.3 Å². The Balaban J connectivity index is 1.80. The molecule has 3 rings (SSSR count). The van der Waals surface area contributed by atoms with Crippen LogP contribution >= 0.6 is 34.2 Å². The minimum absolute atomic E-state index is 0.223. The number of nitrogens with zero attached hydrogens (tertiary/aromatic N) is 2. The van der Waals surface area contributed by atoms with E-state index in [2.05, 4.69) is 4.98 Å². The summed E-state index contributed by atoms with van der Waals surface area (Å²) in [5, 5.41) is 0. The summed E-state index contributed by atoms with van der Waals surface area (Å²) >= 11 is 7.91. The maximum atomic E-state index is 13.7. The van der Waals surface area contributed by atoms with Gasteiger partial charge in [0, 0.05) is 19.2 Å². The molecule has 0 aliphatic heterocycles. The average molecular weight is 409 g/mol. The van der Waals surface area contributed by atoms with Gasteiger partial charge in [-0.1, -0.05) is 0 Å². The molecular formula is C14H15ClFIN2O. The van der Waals surface area contributed by atoms with Gasteiger partial charge in [-0.15, -0.1) is 11.6 Å². The first-order valence-corrected chi connectivity index (χ1v) is 8.28. The molecule has 1 saturated carbocycles. The van der Waals surface area contributed by atoms with Gasteiger partial charge in [0.1, 0.15) is 11.6 Å². The van der Waals surface area contributed by atoms with Crippen LogP contribution in [0.5, 0.6) is 0 Å². The van der Waals surface area contributed by atoms with Crippen LogP contribution in [-0.2, 0) is 17.2 Å². The number of benzene rings is 1. The van der Waals surface area contributed by atoms with Crippen molar-refractivity contribution in [3.63, 3.8) is 0 Å². The average Bonchev–Trinajstić information content (AvgIpc) is 3.19. The summed E-state index contributed by atoms with van der Waals surface area (Å²) in [6, 6.07) is 3.28. The monoisotopic (exact) mass is 408 g/mol. The largest absolute Gasteiger partial charge is 0.379 e. The molecule has 0 bridgehead atoms. The number of ether oxygens (including phenoxy) is 1. The van der Waals surface area contributed by atoms with E-state index in [9.17, 15) is 4.39 Å². The molecule has 0 unspecified atom stereocenters. The van der Waals surface area contributed by atoms with Gasteiger partial charge < -0.3 is 9.30 Å². The van der Waals surface area contributed by atoms with E-state index >= 15 is 0 Å². The third kappa shape index (κ3) is 3.09. The lowest BCUT2D eigenvalue weighted by Crippen LogP contribution is -2.10. The lowest BCUT2D eigenvalue weighted by molar-refractivity contribution is 0.117. The van der Waals surface area contributed by atoms with Gasteiger partial charge in [0.2, 0.25) is 0 Å². The van der Waals surface area contributed by atoms with Crippen molar-refractivity contribution < 1.29 is 9.13 Å². The summed E-state index contributed by atoms with van der Waals surface area (Å²) in [5.74, 6) is 1.61. The number of alkyl halides is 1. The van der Waals surface area contributed by atoms with Gasteiger partial charge in [-0.25, -0.2) is 9.37 Å². The summed E-state index contributed by atoms with van der Waals surface area (Å²) in [4.78, 5) is 4.46. The second kappa shape index (κ2) is 6.15. The van der Waals surface area contributed by atoms with Crippen LogP contribution in [0.1, 0.15) is 18.7 Å². The minimum atomic E-state index is -0.223. The SMILES string of the molecule is Fc1cc2c(cc1I)nc(CCl)n2CCOCC1CC1. The van der Waals surface area contributed by atoms with Gasteiger partial charge in [0.15, 0.2) is 0 Å². The second-order valence-corrected chi connectivity index (χ2v) is 6.52. The molecule has 0 spiro atoms. The highest BCUT2D eigenvalue weighted by atomic mass is 127. The molecule has 1 aromatic heterocycles. The molecule has 0 saturated heterocycles. The van der Waals surface area contributed by atoms with Crippen LogP contribution in [-0.4, -0.2) is 22.8 Å². The zero-order chi connectivity index (χ0) is 14.1. The number of halogens is 3. The van der Waals surface area contributed by atoms with Crippen molar-refractivity contribution in [2.24, 2.45) is 5.92 Å². The van der Waals surface area contributed by atoms with Crippen molar-refractivity contribution in [3.05, 3.63) is 27.3 Å². The quantitative estimate of drug-likeness (QED) is 0.411. The molecular weight excluding hydrogens is 394 g/mol. The maximum Gasteiger partial charge on any atom is 0.138 e. The van der Waals surface area contributed by atoms with Crippen LogP contribution in [0.15, 0.2) is 12.1 Å². The fourth-order valence-corrected chi connectivity index (χ4v) is 2.87. The van der Waals surface area contributed by atoms with Crippen molar-refractivity contribution in [1.82, 2.24) is 9.55 Å². The van der Waals surface area contributed by atoms with Gasteiger partial charge >= 0.3 is 0 Å². The molecule has 2 aromatic rings. The molecule has 0 N–H and O–H groups in total. The number of imidazole rings is 1. The molecule has 1 aliphatic carbocycles. The van der Waals surface area contributed by atoms with Crippen molar-refractivity contribution >= 4 is 45.2 Å². The highest BCUT2D eigenvalue weighted by molar-refractivity contribution is 14.1. The number of fused-ring (bicyclic) bond motifs is 1. The van der Waals surface area contributed by atoms with Crippen LogP contribution in [0.4, 0.5) is 4.39 Å². The van der Waals surface area contributed by atoms with E-state index in [1.54, 1.807) is 6.07 Å². The zero-order valence-corrected chi connectivity index (χ0v) is 13.8. The first-order valence-electron chi connectivity index (χ1n) is 6.67. The number of rotatable bonds is 6. The normalized spacial score (nSPS) is 15.2. The van der Waals surface area contributed by atoms with Gasteiger partial charge in [0.05, 0.1) is 27.1 Å². The van der Waals surface area contributed by atoms with Crippen LogP contribution < -0.4 is 0 Å². The summed E-state index contributed by atoms with van der Waals surface area (Å²) < 4.78 is 21.9. The lowest BCUT2D eigenvalue weighted by atomic mass is 10.3. The fourth-order valence-electron chi connectivity index (χ4n) is 2.21. The molecule has 1 heterocycles. The first kappa shape index (κ1) is 14.5. The third-order valence-corrected chi connectivity index (χ3v) is 4.56. The van der Waals surface area contributed by atoms with Crippen LogP contribution in [0.2, 0.25) is 0 Å². The number of hydrogen-bond donors (Lipinski definition) is 0. The second-order valence-electron chi connectivity index (χ2n) is 5.09. The topological polar surface area (TPSA) is 27.1 Å². The maximum absolute atomic E-state index is 13.7. The highest BCUT2D eigenvalue weighted by Crippen LogP contribution is 2.29. The van der Waals surface area contributed by atoms with E-state index in [1.807, 2.05) is 27.2 Å². The molecule has 108 valence electrons. The van der Waals surface area contributed by atoms with Crippen molar-refractivity contribution in [2.45, 2.75) is 25.3 Å². The van der Waals surface area contributed by atoms with Crippen LogP contribution in [0.25, 0.3) is 11.0 Å². The molecule has 20 heavy (non-hydrogen) atoms. The predicted octanol–water partition coefficient (Wildman–Crippen LogP) is 3.95. The van der Waals surface area contributed by atoms with E-state index in [0.29, 0.717) is 22.6 Å². The van der Waals surface area contributed by atoms with Gasteiger partial charge in [-0.3, -0.25) is 0 Å². The Morgan fingerprint density at radius 3 is 2.95 bits per heavy atom. The van der Waals surface area contributed by atoms with Crippen molar-refractivity contribution in [2.75, 3.05) is 13.2 Å². The van der Waals surface area contributed by atoms with Crippen LogP contribution in [0.3, 0.4) is 0 Å². The molecule has 1 aromatic carbocycles.